The second kappa shape index (κ2) is 5.51. The summed E-state index contributed by atoms with van der Waals surface area (Å²) in [5, 5.41) is 8.41. The molecule has 3 heteroatoms. The Morgan fingerprint density at radius 2 is 2.13 bits per heavy atom. The molecule has 0 unspecified atom stereocenters. The monoisotopic (exact) mass is 202 g/mol. The third-order valence-corrected chi connectivity index (χ3v) is 1.62. The van der Waals surface area contributed by atoms with Crippen LogP contribution in [0.15, 0.2) is 30.3 Å². The molecule has 0 spiro atoms. The first-order valence-corrected chi connectivity index (χ1v) is 4.29. The second-order valence-electron chi connectivity index (χ2n) is 2.73. The summed E-state index contributed by atoms with van der Waals surface area (Å²) in [4.78, 5) is 10.2. The second-order valence-corrected chi connectivity index (χ2v) is 2.73. The van der Waals surface area contributed by atoms with Crippen LogP contribution >= 0.6 is 0 Å². The van der Waals surface area contributed by atoms with E-state index >= 15 is 0 Å². The molecule has 0 aliphatic rings. The van der Waals surface area contributed by atoms with Gasteiger partial charge in [0, 0.05) is 6.08 Å². The van der Waals surface area contributed by atoms with Crippen LogP contribution in [0, 0.1) is 12.3 Å². The molecule has 1 rings (SSSR count). The first-order valence-electron chi connectivity index (χ1n) is 4.29. The van der Waals surface area contributed by atoms with Crippen molar-refractivity contribution in [1.82, 2.24) is 0 Å². The number of rotatable bonds is 4. The molecule has 0 saturated heterocycles. The van der Waals surface area contributed by atoms with Crippen molar-refractivity contribution >= 4 is 12.0 Å². The van der Waals surface area contributed by atoms with Gasteiger partial charge in [-0.25, -0.2) is 4.79 Å². The smallest absolute Gasteiger partial charge is 0.328 e. The Kier molecular flexibility index (Phi) is 3.99. The molecule has 0 atom stereocenters. The van der Waals surface area contributed by atoms with Crippen molar-refractivity contribution < 1.29 is 14.6 Å². The summed E-state index contributed by atoms with van der Waals surface area (Å²) in [5.74, 6) is 2.05. The van der Waals surface area contributed by atoms with E-state index in [0.717, 1.165) is 11.6 Å². The predicted octanol–water partition coefficient (Wildman–Crippen LogP) is 1.80. The minimum absolute atomic E-state index is 0.226. The van der Waals surface area contributed by atoms with E-state index in [2.05, 4.69) is 5.92 Å². The lowest BCUT2D eigenvalue weighted by Gasteiger charge is -2.01. The van der Waals surface area contributed by atoms with Crippen molar-refractivity contribution in [3.8, 4) is 18.1 Å². The molecule has 0 radical (unpaired) electrons. The molecule has 1 aromatic carbocycles. The number of benzene rings is 1. The van der Waals surface area contributed by atoms with Gasteiger partial charge in [-0.05, 0) is 23.8 Å². The molecule has 0 bridgehead atoms. The fraction of sp³-hybridized carbons (Fsp3) is 0.0833. The van der Waals surface area contributed by atoms with Gasteiger partial charge in [0.15, 0.2) is 0 Å². The van der Waals surface area contributed by atoms with Crippen molar-refractivity contribution in [3.05, 3.63) is 35.9 Å². The Morgan fingerprint density at radius 3 is 2.67 bits per heavy atom. The molecule has 0 saturated carbocycles. The maximum absolute atomic E-state index is 10.2. The highest BCUT2D eigenvalue weighted by Crippen LogP contribution is 2.12. The Hall–Kier alpha value is -2.21. The molecule has 0 heterocycles. The van der Waals surface area contributed by atoms with Gasteiger partial charge in [0.2, 0.25) is 0 Å². The van der Waals surface area contributed by atoms with E-state index in [1.165, 1.54) is 6.08 Å². The molecule has 0 aliphatic carbocycles. The largest absolute Gasteiger partial charge is 0.481 e. The SMILES string of the molecule is C#CCOc1ccc(C=CC(=O)O)cc1. The lowest BCUT2D eigenvalue weighted by molar-refractivity contribution is -0.131. The van der Waals surface area contributed by atoms with Gasteiger partial charge >= 0.3 is 5.97 Å². The van der Waals surface area contributed by atoms with Gasteiger partial charge in [0.1, 0.15) is 12.4 Å². The van der Waals surface area contributed by atoms with Crippen molar-refractivity contribution in [2.75, 3.05) is 6.61 Å². The van der Waals surface area contributed by atoms with Gasteiger partial charge in [0.05, 0.1) is 0 Å². The fourth-order valence-corrected chi connectivity index (χ4v) is 0.968. The van der Waals surface area contributed by atoms with E-state index in [1.807, 2.05) is 0 Å². The highest BCUT2D eigenvalue weighted by Gasteiger charge is 1.92. The van der Waals surface area contributed by atoms with E-state index in [1.54, 1.807) is 24.3 Å². The molecule has 15 heavy (non-hydrogen) atoms. The number of hydrogen-bond donors (Lipinski definition) is 1. The molecule has 0 fully saturated rings. The van der Waals surface area contributed by atoms with Crippen molar-refractivity contribution in [1.29, 1.82) is 0 Å². The van der Waals surface area contributed by atoms with Crippen molar-refractivity contribution in [2.45, 2.75) is 0 Å². The van der Waals surface area contributed by atoms with E-state index in [4.69, 9.17) is 16.3 Å². The first kappa shape index (κ1) is 10.9. The average molecular weight is 202 g/mol. The standard InChI is InChI=1S/C12H10O3/c1-2-9-15-11-6-3-10(4-7-11)5-8-12(13)14/h1,3-8H,9H2,(H,13,14). The Bertz CT molecular complexity index is 396. The molecule has 1 aromatic rings. The molecule has 0 aliphatic heterocycles. The quantitative estimate of drug-likeness (QED) is 0.598. The molecule has 0 amide bonds. The summed E-state index contributed by atoms with van der Waals surface area (Å²) >= 11 is 0. The van der Waals surface area contributed by atoms with Crippen LogP contribution in [0.1, 0.15) is 5.56 Å². The maximum atomic E-state index is 10.2. The minimum atomic E-state index is -0.970. The van der Waals surface area contributed by atoms with Crippen molar-refractivity contribution in [2.24, 2.45) is 0 Å². The summed E-state index contributed by atoms with van der Waals surface area (Å²) < 4.78 is 5.16. The van der Waals surface area contributed by atoms with E-state index in [-0.39, 0.29) is 6.61 Å². The van der Waals surface area contributed by atoms with Crippen LogP contribution in [0.5, 0.6) is 5.75 Å². The highest BCUT2D eigenvalue weighted by molar-refractivity contribution is 5.85. The summed E-state index contributed by atoms with van der Waals surface area (Å²) in [6.07, 6.45) is 7.62. The molecular weight excluding hydrogens is 192 g/mol. The van der Waals surface area contributed by atoms with Gasteiger partial charge in [-0.15, -0.1) is 6.42 Å². The van der Waals surface area contributed by atoms with Crippen LogP contribution < -0.4 is 4.74 Å². The number of carbonyl (C=O) groups is 1. The zero-order valence-electron chi connectivity index (χ0n) is 8.01. The Balaban J connectivity index is 2.64. The van der Waals surface area contributed by atoms with Crippen LogP contribution in [0.3, 0.4) is 0 Å². The van der Waals surface area contributed by atoms with E-state index in [9.17, 15) is 4.79 Å². The van der Waals surface area contributed by atoms with Gasteiger partial charge < -0.3 is 9.84 Å². The molecule has 76 valence electrons. The van der Waals surface area contributed by atoms with Crippen LogP contribution in [0.2, 0.25) is 0 Å². The molecule has 0 aromatic heterocycles. The van der Waals surface area contributed by atoms with Crippen molar-refractivity contribution in [3.63, 3.8) is 0 Å². The third-order valence-electron chi connectivity index (χ3n) is 1.62. The Morgan fingerprint density at radius 1 is 1.47 bits per heavy atom. The van der Waals surface area contributed by atoms with Gasteiger partial charge in [-0.1, -0.05) is 18.1 Å². The molecule has 3 nitrogen and oxygen atoms in total. The predicted molar refractivity (Wildman–Crippen MR) is 57.4 cm³/mol. The normalized spacial score (nSPS) is 9.80. The fourth-order valence-electron chi connectivity index (χ4n) is 0.968. The lowest BCUT2D eigenvalue weighted by atomic mass is 10.2. The summed E-state index contributed by atoms with van der Waals surface area (Å²) in [7, 11) is 0. The summed E-state index contributed by atoms with van der Waals surface area (Å²) in [6.45, 7) is 0.226. The topological polar surface area (TPSA) is 46.5 Å². The number of terminal acetylenes is 1. The Labute approximate surface area is 88.0 Å². The number of aliphatic carboxylic acids is 1. The summed E-state index contributed by atoms with van der Waals surface area (Å²) in [5.41, 5.74) is 0.797. The average Bonchev–Trinajstić information content (AvgIpc) is 2.25. The molecular formula is C12H10O3. The van der Waals surface area contributed by atoms with Crippen LogP contribution in [0.25, 0.3) is 6.08 Å². The maximum Gasteiger partial charge on any atom is 0.328 e. The van der Waals surface area contributed by atoms with Crippen LogP contribution in [0.4, 0.5) is 0 Å². The zero-order valence-corrected chi connectivity index (χ0v) is 8.01. The number of carboxylic acid groups (broad SMARTS) is 1. The van der Waals surface area contributed by atoms with Gasteiger partial charge in [0.25, 0.3) is 0 Å². The number of carboxylic acids is 1. The van der Waals surface area contributed by atoms with Gasteiger partial charge in [-0.3, -0.25) is 0 Å². The number of hydrogen-bond acceptors (Lipinski definition) is 2. The van der Waals surface area contributed by atoms with Crippen LogP contribution in [-0.4, -0.2) is 17.7 Å². The minimum Gasteiger partial charge on any atom is -0.481 e. The highest BCUT2D eigenvalue weighted by atomic mass is 16.5. The first-order chi connectivity index (χ1) is 7.22. The van der Waals surface area contributed by atoms with Gasteiger partial charge in [-0.2, -0.15) is 0 Å². The third kappa shape index (κ3) is 4.01. The number of ether oxygens (including phenoxy) is 1. The van der Waals surface area contributed by atoms with E-state index in [0.29, 0.717) is 5.75 Å². The lowest BCUT2D eigenvalue weighted by Crippen LogP contribution is -1.92. The zero-order chi connectivity index (χ0) is 11.1. The molecule has 1 N–H and O–H groups in total. The van der Waals surface area contributed by atoms with Crippen LogP contribution in [-0.2, 0) is 4.79 Å². The van der Waals surface area contributed by atoms with E-state index < -0.39 is 5.97 Å². The summed E-state index contributed by atoms with van der Waals surface area (Å²) in [6, 6.07) is 6.98.